The SMILES string of the molecule is CCc1ccc(NC(=O)CSc2nnc(COc3ccc(C(C)(C)C)cc3)n2C)cc1. The van der Waals surface area contributed by atoms with Crippen LogP contribution in [0.3, 0.4) is 0 Å². The molecule has 0 bridgehead atoms. The van der Waals surface area contributed by atoms with Gasteiger partial charge in [-0.1, -0.05) is 63.7 Å². The van der Waals surface area contributed by atoms with Gasteiger partial charge in [-0.15, -0.1) is 10.2 Å². The van der Waals surface area contributed by atoms with Gasteiger partial charge in [-0.05, 0) is 47.2 Å². The minimum Gasteiger partial charge on any atom is -0.486 e. The number of nitrogens with one attached hydrogen (secondary N) is 1. The third-order valence-electron chi connectivity index (χ3n) is 4.99. The second kappa shape index (κ2) is 10.0. The first-order valence-electron chi connectivity index (χ1n) is 10.4. The van der Waals surface area contributed by atoms with Crippen LogP contribution in [-0.2, 0) is 30.3 Å². The van der Waals surface area contributed by atoms with Gasteiger partial charge in [-0.3, -0.25) is 4.79 Å². The Morgan fingerprint density at radius 1 is 1.06 bits per heavy atom. The molecule has 0 aliphatic carbocycles. The molecule has 0 fully saturated rings. The number of ether oxygens (including phenoxy) is 1. The van der Waals surface area contributed by atoms with Gasteiger partial charge in [0.2, 0.25) is 5.91 Å². The smallest absolute Gasteiger partial charge is 0.234 e. The van der Waals surface area contributed by atoms with Crippen LogP contribution in [0.15, 0.2) is 53.7 Å². The number of thioether (sulfide) groups is 1. The molecule has 1 amide bonds. The van der Waals surface area contributed by atoms with E-state index >= 15 is 0 Å². The Morgan fingerprint density at radius 2 is 1.74 bits per heavy atom. The first kappa shape index (κ1) is 22.9. The number of carbonyl (C=O) groups is 1. The fourth-order valence-electron chi connectivity index (χ4n) is 2.95. The highest BCUT2D eigenvalue weighted by molar-refractivity contribution is 7.99. The molecule has 6 nitrogen and oxygen atoms in total. The molecule has 1 heterocycles. The third kappa shape index (κ3) is 6.34. The van der Waals surface area contributed by atoms with Crippen molar-refractivity contribution < 1.29 is 9.53 Å². The average Bonchev–Trinajstić information content (AvgIpc) is 3.10. The van der Waals surface area contributed by atoms with Crippen LogP contribution >= 0.6 is 11.8 Å². The lowest BCUT2D eigenvalue weighted by atomic mass is 9.87. The quantitative estimate of drug-likeness (QED) is 0.502. The first-order valence-corrected chi connectivity index (χ1v) is 11.4. The number of benzene rings is 2. The maximum Gasteiger partial charge on any atom is 0.234 e. The average molecular weight is 439 g/mol. The van der Waals surface area contributed by atoms with E-state index in [1.165, 1.54) is 22.9 Å². The summed E-state index contributed by atoms with van der Waals surface area (Å²) in [7, 11) is 1.88. The van der Waals surface area contributed by atoms with Gasteiger partial charge in [0.15, 0.2) is 11.0 Å². The summed E-state index contributed by atoms with van der Waals surface area (Å²) in [6.45, 7) is 8.97. The Balaban J connectivity index is 1.50. The number of amides is 1. The van der Waals surface area contributed by atoms with E-state index in [9.17, 15) is 4.79 Å². The Hall–Kier alpha value is -2.80. The second-order valence-corrected chi connectivity index (χ2v) is 9.35. The van der Waals surface area contributed by atoms with Crippen LogP contribution in [0.4, 0.5) is 5.69 Å². The summed E-state index contributed by atoms with van der Waals surface area (Å²) in [5.41, 5.74) is 3.41. The second-order valence-electron chi connectivity index (χ2n) is 8.41. The monoisotopic (exact) mass is 438 g/mol. The lowest BCUT2D eigenvalue weighted by Crippen LogP contribution is -2.14. The molecule has 1 aromatic heterocycles. The standard InChI is InChI=1S/C24H30N4O2S/c1-6-17-7-11-19(12-8-17)25-22(29)16-31-23-27-26-21(28(23)5)15-30-20-13-9-18(10-14-20)24(2,3)4/h7-14H,6,15-16H2,1-5H3,(H,25,29). The van der Waals surface area contributed by atoms with Crippen LogP contribution in [-0.4, -0.2) is 26.4 Å². The molecule has 0 spiro atoms. The van der Waals surface area contributed by atoms with Crippen molar-refractivity contribution >= 4 is 23.4 Å². The molecule has 0 saturated heterocycles. The van der Waals surface area contributed by atoms with Crippen molar-refractivity contribution in [3.8, 4) is 5.75 Å². The lowest BCUT2D eigenvalue weighted by Gasteiger charge is -2.19. The summed E-state index contributed by atoms with van der Waals surface area (Å²) in [5, 5.41) is 12.0. The van der Waals surface area contributed by atoms with Crippen LogP contribution in [0.25, 0.3) is 0 Å². The van der Waals surface area contributed by atoms with E-state index in [0.717, 1.165) is 17.9 Å². The van der Waals surface area contributed by atoms with E-state index in [0.29, 0.717) is 17.6 Å². The van der Waals surface area contributed by atoms with E-state index in [2.05, 4.69) is 55.3 Å². The molecule has 3 rings (SSSR count). The molecule has 0 saturated carbocycles. The highest BCUT2D eigenvalue weighted by Gasteiger charge is 2.14. The summed E-state index contributed by atoms with van der Waals surface area (Å²) in [5.74, 6) is 1.68. The summed E-state index contributed by atoms with van der Waals surface area (Å²) in [6, 6.07) is 16.0. The largest absolute Gasteiger partial charge is 0.486 e. The number of anilines is 1. The van der Waals surface area contributed by atoms with E-state index in [1.54, 1.807) is 0 Å². The van der Waals surface area contributed by atoms with Crippen molar-refractivity contribution in [3.05, 3.63) is 65.5 Å². The number of hydrogen-bond acceptors (Lipinski definition) is 5. The molecule has 0 aliphatic heterocycles. The molecule has 7 heteroatoms. The maximum atomic E-state index is 12.3. The van der Waals surface area contributed by atoms with Gasteiger partial charge in [0.25, 0.3) is 0 Å². The van der Waals surface area contributed by atoms with Crippen molar-refractivity contribution in [1.29, 1.82) is 0 Å². The molecule has 0 atom stereocenters. The van der Waals surface area contributed by atoms with Gasteiger partial charge in [0, 0.05) is 12.7 Å². The van der Waals surface area contributed by atoms with Crippen molar-refractivity contribution in [2.45, 2.75) is 51.3 Å². The molecule has 0 radical (unpaired) electrons. The zero-order valence-corrected chi connectivity index (χ0v) is 19.6. The van der Waals surface area contributed by atoms with Crippen LogP contribution in [0.1, 0.15) is 44.6 Å². The Kier molecular flexibility index (Phi) is 7.38. The van der Waals surface area contributed by atoms with E-state index in [4.69, 9.17) is 4.74 Å². The van der Waals surface area contributed by atoms with Gasteiger partial charge in [-0.25, -0.2) is 0 Å². The van der Waals surface area contributed by atoms with E-state index in [-0.39, 0.29) is 17.1 Å². The number of carbonyl (C=O) groups excluding carboxylic acids is 1. The summed E-state index contributed by atoms with van der Waals surface area (Å²) in [4.78, 5) is 12.3. The Bertz CT molecular complexity index is 1010. The van der Waals surface area contributed by atoms with Gasteiger partial charge >= 0.3 is 0 Å². The van der Waals surface area contributed by atoms with Crippen molar-refractivity contribution in [2.24, 2.45) is 7.05 Å². The van der Waals surface area contributed by atoms with Gasteiger partial charge in [-0.2, -0.15) is 0 Å². The highest BCUT2D eigenvalue weighted by atomic mass is 32.2. The number of aryl methyl sites for hydroxylation is 1. The third-order valence-corrected chi connectivity index (χ3v) is 6.01. The molecule has 3 aromatic rings. The Labute approximate surface area is 188 Å². The number of rotatable bonds is 8. The van der Waals surface area contributed by atoms with Crippen molar-refractivity contribution in [1.82, 2.24) is 14.8 Å². The molecule has 1 N–H and O–H groups in total. The number of hydrogen-bond donors (Lipinski definition) is 1. The molecular formula is C24H30N4O2S. The maximum absolute atomic E-state index is 12.3. The van der Waals surface area contributed by atoms with Crippen LogP contribution in [0.2, 0.25) is 0 Å². The Morgan fingerprint density at radius 3 is 2.35 bits per heavy atom. The number of aromatic nitrogens is 3. The minimum absolute atomic E-state index is 0.0750. The van der Waals surface area contributed by atoms with Crippen molar-refractivity contribution in [3.63, 3.8) is 0 Å². The molecule has 2 aromatic carbocycles. The van der Waals surface area contributed by atoms with Crippen LogP contribution < -0.4 is 10.1 Å². The van der Waals surface area contributed by atoms with Gasteiger partial charge in [0.1, 0.15) is 12.4 Å². The summed E-state index contributed by atoms with van der Waals surface area (Å²) >= 11 is 1.35. The van der Waals surface area contributed by atoms with Gasteiger partial charge in [0.05, 0.1) is 5.75 Å². The fraction of sp³-hybridized carbons (Fsp3) is 0.375. The highest BCUT2D eigenvalue weighted by Crippen LogP contribution is 2.25. The molecule has 0 aliphatic rings. The van der Waals surface area contributed by atoms with E-state index < -0.39 is 0 Å². The molecular weight excluding hydrogens is 408 g/mol. The molecule has 164 valence electrons. The summed E-state index contributed by atoms with van der Waals surface area (Å²) < 4.78 is 7.72. The predicted molar refractivity (Wildman–Crippen MR) is 126 cm³/mol. The van der Waals surface area contributed by atoms with Crippen LogP contribution in [0, 0.1) is 0 Å². The number of nitrogens with zero attached hydrogens (tertiary/aromatic N) is 3. The predicted octanol–water partition coefficient (Wildman–Crippen LogP) is 4.98. The van der Waals surface area contributed by atoms with Gasteiger partial charge < -0.3 is 14.6 Å². The minimum atomic E-state index is -0.0750. The van der Waals surface area contributed by atoms with Crippen LogP contribution in [0.5, 0.6) is 5.75 Å². The van der Waals surface area contributed by atoms with Crippen molar-refractivity contribution in [2.75, 3.05) is 11.1 Å². The normalized spacial score (nSPS) is 11.4. The van der Waals surface area contributed by atoms with E-state index in [1.807, 2.05) is 48.0 Å². The zero-order chi connectivity index (χ0) is 22.4. The fourth-order valence-corrected chi connectivity index (χ4v) is 3.68. The molecule has 31 heavy (non-hydrogen) atoms. The summed E-state index contributed by atoms with van der Waals surface area (Å²) in [6.07, 6.45) is 0.977. The molecule has 0 unspecified atom stereocenters. The first-order chi connectivity index (χ1) is 14.8. The topological polar surface area (TPSA) is 69.0 Å². The lowest BCUT2D eigenvalue weighted by molar-refractivity contribution is -0.113. The zero-order valence-electron chi connectivity index (χ0n) is 18.8.